The van der Waals surface area contributed by atoms with E-state index in [-0.39, 0.29) is 5.91 Å². The molecule has 3 aromatic rings. The monoisotopic (exact) mass is 694 g/mol. The zero-order valence-electron chi connectivity index (χ0n) is 22.3. The normalized spacial score (nSPS) is 19.3. The Morgan fingerprint density at radius 3 is 2.61 bits per heavy atom. The van der Waals surface area contributed by atoms with E-state index in [1.165, 1.54) is 22.0 Å². The van der Waals surface area contributed by atoms with Gasteiger partial charge in [0.2, 0.25) is 0 Å². The quantitative estimate of drug-likeness (QED) is 0.179. The summed E-state index contributed by atoms with van der Waals surface area (Å²) in [6.45, 7) is 9.75. The molecule has 0 aliphatic carbocycles. The number of H-pyrrole nitrogens is 1. The summed E-state index contributed by atoms with van der Waals surface area (Å²) in [7, 11) is 0. The fourth-order valence-electron chi connectivity index (χ4n) is 5.62. The number of benzene rings is 1. The number of amides is 1. The number of carbonyl (C=O) groups excluding carboxylic acids is 1. The molecule has 10 heteroatoms. The Bertz CT molecular complexity index is 1220. The SMILES string of the molecule is CCN(CC)CCCNC(=O)C1(Cc2ccc(C3CC[I-]3)cc2)CCN(c2ncnc3n[nH]c(Br)c23)CC1. The average molecular weight is 695 g/mol. The molecule has 8 nitrogen and oxygen atoms in total. The third kappa shape index (κ3) is 6.01. The van der Waals surface area contributed by atoms with Gasteiger partial charge >= 0.3 is 166 Å². The molecular formula is C28H38BrIN7O-. The van der Waals surface area contributed by atoms with E-state index in [4.69, 9.17) is 0 Å². The molecule has 1 unspecified atom stereocenters. The first-order valence-electron chi connectivity index (χ1n) is 13.8. The number of anilines is 1. The molecule has 4 heterocycles. The molecule has 0 radical (unpaired) electrons. The van der Waals surface area contributed by atoms with Crippen LogP contribution in [0.15, 0.2) is 35.2 Å². The molecule has 2 saturated heterocycles. The number of nitrogens with zero attached hydrogens (tertiary/aromatic N) is 5. The van der Waals surface area contributed by atoms with Crippen molar-refractivity contribution in [2.24, 2.45) is 5.41 Å². The number of rotatable bonds is 11. The molecule has 5 rings (SSSR count). The van der Waals surface area contributed by atoms with Crippen LogP contribution in [0.5, 0.6) is 0 Å². The number of halogens is 2. The van der Waals surface area contributed by atoms with Crippen molar-refractivity contribution in [3.05, 3.63) is 46.3 Å². The summed E-state index contributed by atoms with van der Waals surface area (Å²) in [5.41, 5.74) is 2.99. The summed E-state index contributed by atoms with van der Waals surface area (Å²) in [4.78, 5) is 27.4. The van der Waals surface area contributed by atoms with Gasteiger partial charge in [0.25, 0.3) is 0 Å². The van der Waals surface area contributed by atoms with Crippen molar-refractivity contribution in [3.63, 3.8) is 0 Å². The Labute approximate surface area is 244 Å². The Kier molecular flexibility index (Phi) is 9.20. The van der Waals surface area contributed by atoms with Gasteiger partial charge in [0.05, 0.1) is 0 Å². The van der Waals surface area contributed by atoms with E-state index in [1.807, 2.05) is 0 Å². The van der Waals surface area contributed by atoms with Crippen LogP contribution in [0.2, 0.25) is 0 Å². The van der Waals surface area contributed by atoms with Crippen molar-refractivity contribution in [2.75, 3.05) is 48.6 Å². The Balaban J connectivity index is 1.30. The molecule has 2 N–H and O–H groups in total. The molecule has 1 amide bonds. The zero-order valence-corrected chi connectivity index (χ0v) is 26.1. The van der Waals surface area contributed by atoms with Gasteiger partial charge < -0.3 is 4.90 Å². The maximum atomic E-state index is 13.8. The minimum atomic E-state index is -0.420. The summed E-state index contributed by atoms with van der Waals surface area (Å²) in [6, 6.07) is 9.18. The van der Waals surface area contributed by atoms with Crippen molar-refractivity contribution in [1.29, 1.82) is 0 Å². The number of fused-ring (bicyclic) bond motifs is 1. The summed E-state index contributed by atoms with van der Waals surface area (Å²) in [5.74, 6) is 1.07. The van der Waals surface area contributed by atoms with Gasteiger partial charge in [0, 0.05) is 0 Å². The molecule has 38 heavy (non-hydrogen) atoms. The molecule has 1 aromatic carbocycles. The number of alkyl halides is 2. The molecule has 2 aliphatic heterocycles. The molecule has 0 saturated carbocycles. The van der Waals surface area contributed by atoms with Crippen LogP contribution in [-0.2, 0) is 11.2 Å². The zero-order chi connectivity index (χ0) is 26.5. The number of hydrogen-bond donors (Lipinski definition) is 2. The van der Waals surface area contributed by atoms with E-state index in [2.05, 4.69) is 89.3 Å². The average Bonchev–Trinajstić information content (AvgIpc) is 3.30. The van der Waals surface area contributed by atoms with Crippen LogP contribution in [0.1, 0.15) is 54.6 Å². The van der Waals surface area contributed by atoms with Crippen molar-refractivity contribution in [2.45, 2.75) is 49.9 Å². The van der Waals surface area contributed by atoms with E-state index in [1.54, 1.807) is 6.33 Å². The van der Waals surface area contributed by atoms with Crippen molar-refractivity contribution in [1.82, 2.24) is 30.4 Å². The van der Waals surface area contributed by atoms with Gasteiger partial charge in [-0.1, -0.05) is 13.8 Å². The van der Waals surface area contributed by atoms with Gasteiger partial charge in [-0.3, -0.25) is 5.10 Å². The van der Waals surface area contributed by atoms with Crippen molar-refractivity contribution >= 4 is 38.7 Å². The molecule has 0 bridgehead atoms. The molecule has 2 aromatic heterocycles. The standard InChI is InChI=1S/C28H38BrIN7O/c1-3-36(4-2)15-5-14-31-27(38)28(18-20-6-8-21(9-7-20)22-10-13-30-22)11-16-37(17-12-28)26-23-24(29)34-35-25(23)32-19-33-26/h6-9,19,22H,3-5,10-18H2,1-2H3,(H,31,38)(H,32,33,34,35)/q-1. The topological polar surface area (TPSA) is 90.0 Å². The van der Waals surface area contributed by atoms with Crippen LogP contribution >= 0.6 is 15.9 Å². The fourth-order valence-corrected chi connectivity index (χ4v) is 8.23. The number of aromatic nitrogens is 4. The van der Waals surface area contributed by atoms with E-state index in [9.17, 15) is 4.79 Å². The van der Waals surface area contributed by atoms with Crippen molar-refractivity contribution < 1.29 is 26.0 Å². The van der Waals surface area contributed by atoms with Gasteiger partial charge in [-0.05, 0) is 29.0 Å². The second kappa shape index (κ2) is 12.6. The van der Waals surface area contributed by atoms with Crippen LogP contribution in [0.3, 0.4) is 0 Å². The fraction of sp³-hybridized carbons (Fsp3) is 0.571. The first-order valence-corrected chi connectivity index (χ1v) is 17.4. The van der Waals surface area contributed by atoms with Gasteiger partial charge in [0.15, 0.2) is 5.65 Å². The molecular weight excluding hydrogens is 657 g/mol. The molecule has 206 valence electrons. The first-order chi connectivity index (χ1) is 18.5. The molecule has 2 aliphatic rings. The van der Waals surface area contributed by atoms with Crippen LogP contribution < -0.4 is 31.4 Å². The van der Waals surface area contributed by atoms with E-state index < -0.39 is 5.41 Å². The summed E-state index contributed by atoms with van der Waals surface area (Å²) < 4.78 is 3.08. The Hall–Kier alpha value is -1.79. The molecule has 0 spiro atoms. The Morgan fingerprint density at radius 1 is 1.21 bits per heavy atom. The number of piperidine rings is 1. The second-order valence-corrected chi connectivity index (χ2v) is 14.6. The van der Waals surface area contributed by atoms with E-state index in [0.29, 0.717) is 26.9 Å². The number of nitrogens with one attached hydrogen (secondary N) is 2. The van der Waals surface area contributed by atoms with Crippen LogP contribution in [0, 0.1) is 5.41 Å². The van der Waals surface area contributed by atoms with E-state index >= 15 is 0 Å². The molecule has 1 atom stereocenters. The predicted octanol–water partition coefficient (Wildman–Crippen LogP) is 1.33. The third-order valence-corrected chi connectivity index (χ3v) is 12.4. The maximum absolute atomic E-state index is 13.8. The number of aromatic amines is 1. The van der Waals surface area contributed by atoms with Gasteiger partial charge in [0.1, 0.15) is 10.9 Å². The number of carbonyl (C=O) groups is 1. The van der Waals surface area contributed by atoms with Crippen molar-refractivity contribution in [3.8, 4) is 0 Å². The van der Waals surface area contributed by atoms with Gasteiger partial charge in [-0.25, -0.2) is 4.98 Å². The predicted molar refractivity (Wildman–Crippen MR) is 151 cm³/mol. The van der Waals surface area contributed by atoms with Crippen LogP contribution in [0.4, 0.5) is 5.82 Å². The summed E-state index contributed by atoms with van der Waals surface area (Å²) >= 11 is 3.91. The summed E-state index contributed by atoms with van der Waals surface area (Å²) in [5, 5.41) is 11.5. The van der Waals surface area contributed by atoms with Gasteiger partial charge in [-0.2, -0.15) is 5.10 Å². The summed E-state index contributed by atoms with van der Waals surface area (Å²) in [6.07, 6.45) is 6.24. The first kappa shape index (κ1) is 27.8. The number of hydrogen-bond acceptors (Lipinski definition) is 6. The Morgan fingerprint density at radius 2 is 1.95 bits per heavy atom. The molecule has 2 fully saturated rings. The van der Waals surface area contributed by atoms with E-state index in [0.717, 1.165) is 84.7 Å². The van der Waals surface area contributed by atoms with Gasteiger partial charge in [-0.15, -0.1) is 0 Å². The minimum absolute atomic E-state index is 0.197. The third-order valence-electron chi connectivity index (χ3n) is 8.16. The second-order valence-electron chi connectivity index (χ2n) is 10.4. The van der Waals surface area contributed by atoms with Crippen LogP contribution in [0.25, 0.3) is 11.0 Å². The van der Waals surface area contributed by atoms with Crippen LogP contribution in [-0.4, -0.2) is 74.7 Å².